The third kappa shape index (κ3) is 4.53. The molecule has 2 aromatic rings. The van der Waals surface area contributed by atoms with Crippen LogP contribution >= 0.6 is 0 Å². The monoisotopic (exact) mass is 419 g/mol. The summed E-state index contributed by atoms with van der Waals surface area (Å²) >= 11 is 0. The summed E-state index contributed by atoms with van der Waals surface area (Å²) < 4.78 is 46.8. The minimum absolute atomic E-state index is 0.0377. The van der Waals surface area contributed by atoms with Gasteiger partial charge >= 0.3 is 5.97 Å². The minimum atomic E-state index is -0.984. The summed E-state index contributed by atoms with van der Waals surface area (Å²) in [6, 6.07) is 0.907. The van der Waals surface area contributed by atoms with Gasteiger partial charge in [-0.25, -0.2) is 13.6 Å². The first kappa shape index (κ1) is 21.9. The molecule has 1 aromatic carbocycles. The van der Waals surface area contributed by atoms with Crippen LogP contribution in [0.2, 0.25) is 0 Å². The molecule has 3 rings (SSSR count). The maximum absolute atomic E-state index is 15.1. The molecule has 0 aliphatic carbocycles. The first-order valence-electron chi connectivity index (χ1n) is 9.92. The van der Waals surface area contributed by atoms with Crippen LogP contribution in [0.3, 0.4) is 0 Å². The zero-order valence-electron chi connectivity index (χ0n) is 16.9. The predicted octanol–water partition coefficient (Wildman–Crippen LogP) is 3.37. The molecule has 0 saturated carbocycles. The Balaban J connectivity index is 1.98. The largest absolute Gasteiger partial charge is 0.462 e. The van der Waals surface area contributed by atoms with Gasteiger partial charge in [0.1, 0.15) is 18.0 Å². The lowest BCUT2D eigenvalue weighted by atomic mass is 10.1. The molecule has 2 heterocycles. The zero-order valence-corrected chi connectivity index (χ0v) is 16.9. The van der Waals surface area contributed by atoms with Crippen molar-refractivity contribution in [2.45, 2.75) is 45.9 Å². The minimum Gasteiger partial charge on any atom is -0.462 e. The fourth-order valence-corrected chi connectivity index (χ4v) is 3.31. The topological polar surface area (TPSA) is 66.8 Å². The number of aryl methyl sites for hydroxylation is 1. The molecule has 160 valence electrons. The van der Waals surface area contributed by atoms with Crippen molar-refractivity contribution in [2.75, 3.05) is 19.8 Å². The van der Waals surface area contributed by atoms with E-state index < -0.39 is 28.6 Å². The van der Waals surface area contributed by atoms with Crippen molar-refractivity contribution in [1.29, 1.82) is 0 Å². The van der Waals surface area contributed by atoms with Crippen LogP contribution < -0.4 is 5.43 Å². The smallest absolute Gasteiger partial charge is 0.343 e. The second-order valence-electron chi connectivity index (χ2n) is 6.73. The zero-order chi connectivity index (χ0) is 21.7. The maximum atomic E-state index is 15.1. The highest BCUT2D eigenvalue weighted by atomic mass is 19.1. The number of carbonyl (C=O) groups is 1. The van der Waals surface area contributed by atoms with Crippen molar-refractivity contribution in [2.24, 2.45) is 0 Å². The van der Waals surface area contributed by atoms with E-state index in [-0.39, 0.29) is 42.5 Å². The molecule has 1 unspecified atom stereocenters. The van der Waals surface area contributed by atoms with E-state index in [1.807, 2.05) is 0 Å². The third-order valence-corrected chi connectivity index (χ3v) is 4.78. The van der Waals surface area contributed by atoms with E-state index in [0.717, 1.165) is 25.3 Å². The van der Waals surface area contributed by atoms with Gasteiger partial charge in [-0.3, -0.25) is 4.79 Å². The number of aromatic nitrogens is 1. The summed E-state index contributed by atoms with van der Waals surface area (Å²) in [5, 5.41) is -0.241. The van der Waals surface area contributed by atoms with Crippen LogP contribution in [-0.2, 0) is 20.8 Å². The first-order chi connectivity index (χ1) is 14.5. The molecule has 0 N–H and O–H groups in total. The fourth-order valence-electron chi connectivity index (χ4n) is 3.31. The number of rotatable bonds is 5. The Morgan fingerprint density at radius 2 is 2.13 bits per heavy atom. The molecule has 30 heavy (non-hydrogen) atoms. The molecule has 0 amide bonds. The Kier molecular flexibility index (Phi) is 7.19. The van der Waals surface area contributed by atoms with E-state index in [9.17, 15) is 14.0 Å². The van der Waals surface area contributed by atoms with Crippen LogP contribution in [0.1, 0.15) is 49.0 Å². The van der Waals surface area contributed by atoms with Gasteiger partial charge in [0.25, 0.3) is 0 Å². The van der Waals surface area contributed by atoms with Crippen LogP contribution in [0.5, 0.6) is 0 Å². The van der Waals surface area contributed by atoms with Gasteiger partial charge in [0.05, 0.1) is 23.1 Å². The van der Waals surface area contributed by atoms with Gasteiger partial charge in [0.15, 0.2) is 12.1 Å². The normalized spacial score (nSPS) is 16.2. The van der Waals surface area contributed by atoms with Gasteiger partial charge in [-0.05, 0) is 39.2 Å². The van der Waals surface area contributed by atoms with Crippen molar-refractivity contribution in [3.05, 3.63) is 45.2 Å². The fraction of sp³-hybridized carbons (Fsp3) is 0.455. The molecule has 6 nitrogen and oxygen atoms in total. The second-order valence-corrected chi connectivity index (χ2v) is 6.73. The highest BCUT2D eigenvalue weighted by Gasteiger charge is 2.22. The van der Waals surface area contributed by atoms with E-state index in [4.69, 9.17) is 14.2 Å². The van der Waals surface area contributed by atoms with E-state index in [0.29, 0.717) is 6.61 Å². The number of nitrogens with zero attached hydrogens (tertiary/aromatic N) is 1. The Morgan fingerprint density at radius 1 is 1.33 bits per heavy atom. The summed E-state index contributed by atoms with van der Waals surface area (Å²) in [6.07, 6.45) is 3.60. The van der Waals surface area contributed by atoms with Gasteiger partial charge in [0, 0.05) is 19.3 Å². The molecule has 0 radical (unpaired) electrons. The molecule has 0 spiro atoms. The van der Waals surface area contributed by atoms with Crippen molar-refractivity contribution in [3.8, 4) is 11.8 Å². The molecule has 1 aromatic heterocycles. The summed E-state index contributed by atoms with van der Waals surface area (Å²) in [4.78, 5) is 24.7. The van der Waals surface area contributed by atoms with E-state index in [1.165, 1.54) is 10.8 Å². The van der Waals surface area contributed by atoms with Crippen LogP contribution in [0.4, 0.5) is 8.78 Å². The summed E-state index contributed by atoms with van der Waals surface area (Å²) in [5.41, 5.74) is -1.63. The lowest BCUT2D eigenvalue weighted by molar-refractivity contribution is -0.154. The molecule has 1 aliphatic heterocycles. The van der Waals surface area contributed by atoms with Crippen LogP contribution in [0.25, 0.3) is 10.9 Å². The predicted molar refractivity (Wildman–Crippen MR) is 106 cm³/mol. The SMILES string of the molecule is CCOC(=O)c1cn(CC)c2c(F)c(C#CCOC3CCCCO3)c(F)cc2c1=O. The van der Waals surface area contributed by atoms with Crippen LogP contribution in [0, 0.1) is 23.5 Å². The third-order valence-electron chi connectivity index (χ3n) is 4.78. The van der Waals surface area contributed by atoms with Crippen molar-refractivity contribution in [1.82, 2.24) is 4.57 Å². The van der Waals surface area contributed by atoms with Gasteiger partial charge in [-0.1, -0.05) is 11.8 Å². The average Bonchev–Trinajstić information content (AvgIpc) is 2.74. The number of halogens is 2. The van der Waals surface area contributed by atoms with E-state index in [1.54, 1.807) is 13.8 Å². The Bertz CT molecular complexity index is 1060. The Hall–Kier alpha value is -2.76. The summed E-state index contributed by atoms with van der Waals surface area (Å²) in [6.45, 7) is 4.23. The Labute approximate surface area is 172 Å². The van der Waals surface area contributed by atoms with Crippen molar-refractivity contribution < 1.29 is 27.8 Å². The Morgan fingerprint density at radius 3 is 2.80 bits per heavy atom. The molecule has 1 saturated heterocycles. The number of fused-ring (bicyclic) bond motifs is 1. The lowest BCUT2D eigenvalue weighted by Crippen LogP contribution is -2.22. The molecule has 8 heteroatoms. The highest BCUT2D eigenvalue weighted by Crippen LogP contribution is 2.23. The quantitative estimate of drug-likeness (QED) is 0.549. The molecule has 1 atom stereocenters. The number of hydrogen-bond acceptors (Lipinski definition) is 5. The van der Waals surface area contributed by atoms with Gasteiger partial charge < -0.3 is 18.8 Å². The standard InChI is InChI=1S/C22H23F2NO5/c1-3-25-13-16(22(27)28-4-2)21(26)15-12-17(23)14(19(24)20(15)25)8-7-11-30-18-9-5-6-10-29-18/h12-13,18H,3-6,9-11H2,1-2H3. The van der Waals surface area contributed by atoms with Crippen molar-refractivity contribution >= 4 is 16.9 Å². The second kappa shape index (κ2) is 9.83. The molecule has 1 fully saturated rings. The molecule has 0 bridgehead atoms. The number of esters is 1. The van der Waals surface area contributed by atoms with Gasteiger partial charge in [-0.2, -0.15) is 0 Å². The van der Waals surface area contributed by atoms with Crippen LogP contribution in [0.15, 0.2) is 17.1 Å². The van der Waals surface area contributed by atoms with Gasteiger partial charge in [-0.15, -0.1) is 0 Å². The van der Waals surface area contributed by atoms with Crippen LogP contribution in [-0.4, -0.2) is 36.6 Å². The number of carbonyl (C=O) groups excluding carboxylic acids is 1. The molecular weight excluding hydrogens is 396 g/mol. The molecule has 1 aliphatic rings. The average molecular weight is 419 g/mol. The number of benzene rings is 1. The number of ether oxygens (including phenoxy) is 3. The van der Waals surface area contributed by atoms with Gasteiger partial charge in [0.2, 0.25) is 5.43 Å². The maximum Gasteiger partial charge on any atom is 0.343 e. The lowest BCUT2D eigenvalue weighted by Gasteiger charge is -2.21. The number of pyridine rings is 1. The number of hydrogen-bond donors (Lipinski definition) is 0. The molecular formula is C22H23F2NO5. The van der Waals surface area contributed by atoms with Crippen molar-refractivity contribution in [3.63, 3.8) is 0 Å². The van der Waals surface area contributed by atoms with E-state index in [2.05, 4.69) is 11.8 Å². The highest BCUT2D eigenvalue weighted by molar-refractivity contribution is 5.94. The first-order valence-corrected chi connectivity index (χ1v) is 9.92. The summed E-state index contributed by atoms with van der Waals surface area (Å²) in [5.74, 6) is 2.28. The summed E-state index contributed by atoms with van der Waals surface area (Å²) in [7, 11) is 0. The van der Waals surface area contributed by atoms with E-state index >= 15 is 4.39 Å².